The molecule has 7 nitrogen and oxygen atoms in total. The number of aromatic carboxylic acids is 1. The maximum absolute atomic E-state index is 10.7. The molecule has 0 bridgehead atoms. The second-order valence-corrected chi connectivity index (χ2v) is 3.92. The van der Waals surface area contributed by atoms with Gasteiger partial charge in [-0.3, -0.25) is 0 Å². The molecule has 0 spiro atoms. The zero-order chi connectivity index (χ0) is 13.8. The van der Waals surface area contributed by atoms with Crippen LogP contribution >= 0.6 is 0 Å². The second kappa shape index (κ2) is 5.49. The molecule has 1 heterocycles. The number of rotatable bonds is 5. The molecule has 1 atom stereocenters. The van der Waals surface area contributed by atoms with Crippen LogP contribution in [0.1, 0.15) is 22.2 Å². The molecule has 1 aromatic carbocycles. The van der Waals surface area contributed by atoms with Gasteiger partial charge < -0.3 is 14.9 Å². The number of aliphatic hydroxyl groups excluding tert-OH is 1. The summed E-state index contributed by atoms with van der Waals surface area (Å²) in [5.74, 6) is -0.511. The van der Waals surface area contributed by atoms with Crippen LogP contribution in [0.2, 0.25) is 0 Å². The normalized spacial score (nSPS) is 12.1. The smallest absolute Gasteiger partial charge is 0.358 e. The molecule has 0 aliphatic heterocycles. The maximum Gasteiger partial charge on any atom is 0.358 e. The summed E-state index contributed by atoms with van der Waals surface area (Å²) in [5, 5.41) is 25.9. The summed E-state index contributed by atoms with van der Waals surface area (Å²) in [6, 6.07) is 7.00. The predicted octanol–water partition coefficient (Wildman–Crippen LogP) is 0.718. The van der Waals surface area contributed by atoms with E-state index in [0.29, 0.717) is 11.3 Å². The topological polar surface area (TPSA) is 97.5 Å². The summed E-state index contributed by atoms with van der Waals surface area (Å²) < 4.78 is 6.35. The first-order valence-electron chi connectivity index (χ1n) is 5.55. The molecule has 0 saturated carbocycles. The SMILES string of the molecule is COc1cccc(C(O)Cn2cc(C(=O)O)nn2)c1. The fourth-order valence-corrected chi connectivity index (χ4v) is 1.62. The van der Waals surface area contributed by atoms with Crippen molar-refractivity contribution in [2.75, 3.05) is 7.11 Å². The van der Waals surface area contributed by atoms with Crippen molar-refractivity contribution in [1.82, 2.24) is 15.0 Å². The Hall–Kier alpha value is -2.41. The zero-order valence-corrected chi connectivity index (χ0v) is 10.2. The molecule has 1 unspecified atom stereocenters. The zero-order valence-electron chi connectivity index (χ0n) is 10.2. The van der Waals surface area contributed by atoms with Crippen LogP contribution in [0, 0.1) is 0 Å². The Labute approximate surface area is 109 Å². The fourth-order valence-electron chi connectivity index (χ4n) is 1.62. The Bertz CT molecular complexity index is 582. The minimum Gasteiger partial charge on any atom is -0.497 e. The van der Waals surface area contributed by atoms with Crippen molar-refractivity contribution in [2.45, 2.75) is 12.6 Å². The van der Waals surface area contributed by atoms with E-state index in [1.54, 1.807) is 31.4 Å². The van der Waals surface area contributed by atoms with Crippen molar-refractivity contribution in [2.24, 2.45) is 0 Å². The van der Waals surface area contributed by atoms with Gasteiger partial charge in [0.1, 0.15) is 5.75 Å². The first kappa shape index (κ1) is 13.0. The van der Waals surface area contributed by atoms with Crippen LogP contribution in [0.4, 0.5) is 0 Å². The molecule has 7 heteroatoms. The highest BCUT2D eigenvalue weighted by atomic mass is 16.5. The predicted molar refractivity (Wildman–Crippen MR) is 64.9 cm³/mol. The van der Waals surface area contributed by atoms with Gasteiger partial charge in [-0.05, 0) is 17.7 Å². The number of aliphatic hydroxyl groups is 1. The summed E-state index contributed by atoms with van der Waals surface area (Å²) in [5.41, 5.74) is 0.504. The average molecular weight is 263 g/mol. The lowest BCUT2D eigenvalue weighted by Gasteiger charge is -2.11. The molecule has 0 saturated heterocycles. The molecular formula is C12H13N3O4. The van der Waals surface area contributed by atoms with E-state index in [0.717, 1.165) is 0 Å². The molecular weight excluding hydrogens is 250 g/mol. The first-order valence-corrected chi connectivity index (χ1v) is 5.55. The lowest BCUT2D eigenvalue weighted by Crippen LogP contribution is -2.09. The summed E-state index contributed by atoms with van der Waals surface area (Å²) in [4.78, 5) is 10.7. The van der Waals surface area contributed by atoms with E-state index in [2.05, 4.69) is 10.3 Å². The van der Waals surface area contributed by atoms with Gasteiger partial charge in [-0.25, -0.2) is 9.48 Å². The van der Waals surface area contributed by atoms with Crippen molar-refractivity contribution in [3.63, 3.8) is 0 Å². The van der Waals surface area contributed by atoms with E-state index in [9.17, 15) is 9.90 Å². The number of hydrogen-bond acceptors (Lipinski definition) is 5. The summed E-state index contributed by atoms with van der Waals surface area (Å²) in [6.45, 7) is 0.118. The van der Waals surface area contributed by atoms with E-state index in [-0.39, 0.29) is 12.2 Å². The molecule has 0 fully saturated rings. The van der Waals surface area contributed by atoms with Gasteiger partial charge in [0.15, 0.2) is 5.69 Å². The van der Waals surface area contributed by atoms with Crippen LogP contribution in [0.5, 0.6) is 5.75 Å². The molecule has 0 radical (unpaired) electrons. The molecule has 0 aliphatic rings. The van der Waals surface area contributed by atoms with Crippen molar-refractivity contribution in [3.05, 3.63) is 41.7 Å². The van der Waals surface area contributed by atoms with Crippen LogP contribution in [0.15, 0.2) is 30.5 Å². The number of ether oxygens (including phenoxy) is 1. The van der Waals surface area contributed by atoms with E-state index < -0.39 is 12.1 Å². The van der Waals surface area contributed by atoms with Crippen LogP contribution in [-0.4, -0.2) is 38.3 Å². The summed E-state index contributed by atoms with van der Waals surface area (Å²) in [6.07, 6.45) is 0.449. The van der Waals surface area contributed by atoms with Gasteiger partial charge in [0.2, 0.25) is 0 Å². The molecule has 0 aliphatic carbocycles. The third-order valence-corrected chi connectivity index (χ3v) is 2.60. The minimum atomic E-state index is -1.15. The summed E-state index contributed by atoms with van der Waals surface area (Å²) >= 11 is 0. The van der Waals surface area contributed by atoms with Crippen molar-refractivity contribution in [3.8, 4) is 5.75 Å². The van der Waals surface area contributed by atoms with Crippen LogP contribution in [0.25, 0.3) is 0 Å². The van der Waals surface area contributed by atoms with Gasteiger partial charge in [-0.1, -0.05) is 17.3 Å². The highest BCUT2D eigenvalue weighted by molar-refractivity contribution is 5.84. The number of nitrogens with zero attached hydrogens (tertiary/aromatic N) is 3. The maximum atomic E-state index is 10.7. The Morgan fingerprint density at radius 3 is 2.95 bits per heavy atom. The van der Waals surface area contributed by atoms with Crippen LogP contribution in [0.3, 0.4) is 0 Å². The van der Waals surface area contributed by atoms with E-state index in [1.165, 1.54) is 10.9 Å². The molecule has 2 rings (SSSR count). The number of aromatic nitrogens is 3. The Kier molecular flexibility index (Phi) is 3.76. The number of benzene rings is 1. The minimum absolute atomic E-state index is 0.118. The van der Waals surface area contributed by atoms with Crippen molar-refractivity contribution >= 4 is 5.97 Å². The highest BCUT2D eigenvalue weighted by Crippen LogP contribution is 2.20. The van der Waals surface area contributed by atoms with E-state index in [4.69, 9.17) is 9.84 Å². The molecule has 19 heavy (non-hydrogen) atoms. The first-order chi connectivity index (χ1) is 9.10. The van der Waals surface area contributed by atoms with Crippen LogP contribution < -0.4 is 4.74 Å². The third kappa shape index (κ3) is 3.08. The Morgan fingerprint density at radius 2 is 2.32 bits per heavy atom. The van der Waals surface area contributed by atoms with Crippen molar-refractivity contribution in [1.29, 1.82) is 0 Å². The number of carboxylic acids is 1. The van der Waals surface area contributed by atoms with Gasteiger partial charge >= 0.3 is 5.97 Å². The van der Waals surface area contributed by atoms with Gasteiger partial charge in [-0.15, -0.1) is 5.10 Å². The standard InChI is InChI=1S/C12H13N3O4/c1-19-9-4-2-3-8(5-9)11(16)7-15-6-10(12(17)18)13-14-15/h2-6,11,16H,7H2,1H3,(H,17,18). The number of carboxylic acid groups (broad SMARTS) is 1. The largest absolute Gasteiger partial charge is 0.497 e. The summed E-state index contributed by atoms with van der Waals surface area (Å²) in [7, 11) is 1.54. The van der Waals surface area contributed by atoms with E-state index >= 15 is 0 Å². The van der Waals surface area contributed by atoms with Crippen LogP contribution in [-0.2, 0) is 6.54 Å². The second-order valence-electron chi connectivity index (χ2n) is 3.92. The third-order valence-electron chi connectivity index (χ3n) is 2.60. The average Bonchev–Trinajstić information content (AvgIpc) is 2.87. The highest BCUT2D eigenvalue weighted by Gasteiger charge is 2.13. The van der Waals surface area contributed by atoms with Crippen molar-refractivity contribution < 1.29 is 19.7 Å². The quantitative estimate of drug-likeness (QED) is 0.824. The monoisotopic (exact) mass is 263 g/mol. The van der Waals surface area contributed by atoms with Gasteiger partial charge in [-0.2, -0.15) is 0 Å². The fraction of sp³-hybridized carbons (Fsp3) is 0.250. The lowest BCUT2D eigenvalue weighted by atomic mass is 10.1. The van der Waals surface area contributed by atoms with Gasteiger partial charge in [0.25, 0.3) is 0 Å². The van der Waals surface area contributed by atoms with E-state index in [1.807, 2.05) is 0 Å². The lowest BCUT2D eigenvalue weighted by molar-refractivity contribution is 0.0690. The Balaban J connectivity index is 2.10. The van der Waals surface area contributed by atoms with Gasteiger partial charge in [0.05, 0.1) is 26.0 Å². The number of methoxy groups -OCH3 is 1. The molecule has 0 amide bonds. The van der Waals surface area contributed by atoms with Gasteiger partial charge in [0, 0.05) is 0 Å². The molecule has 100 valence electrons. The number of hydrogen-bond donors (Lipinski definition) is 2. The number of carbonyl (C=O) groups is 1. The molecule has 1 aromatic heterocycles. The molecule has 2 N–H and O–H groups in total. The molecule has 2 aromatic rings. The Morgan fingerprint density at radius 1 is 1.53 bits per heavy atom.